The van der Waals surface area contributed by atoms with E-state index in [0.717, 1.165) is 4.47 Å². The average Bonchev–Trinajstić information content (AvgIpc) is 2.42. The molecule has 0 saturated carbocycles. The molecule has 0 radical (unpaired) electrons. The molecular weight excluding hydrogens is 324 g/mol. The van der Waals surface area contributed by atoms with Crippen molar-refractivity contribution in [3.05, 3.63) is 39.4 Å². The van der Waals surface area contributed by atoms with Gasteiger partial charge in [0.2, 0.25) is 0 Å². The van der Waals surface area contributed by atoms with E-state index >= 15 is 0 Å². The highest BCUT2D eigenvalue weighted by molar-refractivity contribution is 9.10. The highest BCUT2D eigenvalue weighted by atomic mass is 79.9. The van der Waals surface area contributed by atoms with Crippen LogP contribution >= 0.6 is 15.9 Å². The normalized spacial score (nSPS) is 12.3. The van der Waals surface area contributed by atoms with Crippen molar-refractivity contribution in [1.29, 1.82) is 0 Å². The molecule has 0 aliphatic heterocycles. The summed E-state index contributed by atoms with van der Waals surface area (Å²) in [6, 6.07) is 5.34. The maximum absolute atomic E-state index is 12.3. The number of halogens is 1. The number of hydrogen-bond donors (Lipinski definition) is 0. The van der Waals surface area contributed by atoms with Crippen molar-refractivity contribution >= 4 is 32.8 Å². The zero-order valence-corrected chi connectivity index (χ0v) is 12.9. The molecule has 0 fully saturated rings. The van der Waals surface area contributed by atoms with Gasteiger partial charge in [-0.2, -0.15) is 0 Å². The van der Waals surface area contributed by atoms with Crippen LogP contribution in [0.25, 0.3) is 10.9 Å². The van der Waals surface area contributed by atoms with E-state index in [2.05, 4.69) is 20.9 Å². The van der Waals surface area contributed by atoms with Gasteiger partial charge in [-0.1, -0.05) is 22.9 Å². The first-order valence-electron chi connectivity index (χ1n) is 6.34. The third kappa shape index (κ3) is 3.07. The van der Waals surface area contributed by atoms with Crippen LogP contribution in [0.3, 0.4) is 0 Å². The second-order valence-corrected chi connectivity index (χ2v) is 5.43. The zero-order chi connectivity index (χ0) is 14.7. The van der Waals surface area contributed by atoms with Crippen LogP contribution in [0.5, 0.6) is 0 Å². The summed E-state index contributed by atoms with van der Waals surface area (Å²) in [5.74, 6) is -0.701. The number of esters is 1. The van der Waals surface area contributed by atoms with Gasteiger partial charge in [0.05, 0.1) is 29.8 Å². The molecule has 20 heavy (non-hydrogen) atoms. The van der Waals surface area contributed by atoms with Gasteiger partial charge in [0, 0.05) is 11.0 Å². The summed E-state index contributed by atoms with van der Waals surface area (Å²) < 4.78 is 7.20. The highest BCUT2D eigenvalue weighted by Gasteiger charge is 2.16. The van der Waals surface area contributed by atoms with Crippen molar-refractivity contribution in [2.75, 3.05) is 6.61 Å². The Morgan fingerprint density at radius 1 is 1.50 bits per heavy atom. The Bertz CT molecular complexity index is 696. The minimum absolute atomic E-state index is 0.160. The summed E-state index contributed by atoms with van der Waals surface area (Å²) in [7, 11) is 0. The van der Waals surface area contributed by atoms with Crippen molar-refractivity contribution in [1.82, 2.24) is 9.55 Å². The van der Waals surface area contributed by atoms with Gasteiger partial charge in [-0.05, 0) is 25.1 Å². The lowest BCUT2D eigenvalue weighted by Gasteiger charge is -2.12. The maximum Gasteiger partial charge on any atom is 0.310 e. The third-order valence-corrected chi connectivity index (χ3v) is 3.44. The molecule has 1 unspecified atom stereocenters. The van der Waals surface area contributed by atoms with Crippen LogP contribution in [-0.4, -0.2) is 22.1 Å². The number of benzene rings is 1. The summed E-state index contributed by atoms with van der Waals surface area (Å²) in [6.45, 7) is 4.08. The Hall–Kier alpha value is -1.69. The fourth-order valence-corrected chi connectivity index (χ4v) is 2.28. The minimum atomic E-state index is -0.390. The molecule has 1 aromatic carbocycles. The summed E-state index contributed by atoms with van der Waals surface area (Å²) in [5, 5.41) is 0.526. The highest BCUT2D eigenvalue weighted by Crippen LogP contribution is 2.15. The van der Waals surface area contributed by atoms with Crippen molar-refractivity contribution in [3.63, 3.8) is 0 Å². The van der Waals surface area contributed by atoms with E-state index in [4.69, 9.17) is 4.74 Å². The van der Waals surface area contributed by atoms with Crippen molar-refractivity contribution in [3.8, 4) is 0 Å². The van der Waals surface area contributed by atoms with E-state index in [9.17, 15) is 9.59 Å². The first kappa shape index (κ1) is 14.7. The van der Waals surface area contributed by atoms with Crippen molar-refractivity contribution < 1.29 is 9.53 Å². The number of hydrogen-bond acceptors (Lipinski definition) is 4. The van der Waals surface area contributed by atoms with E-state index in [1.165, 1.54) is 10.9 Å². The number of carbonyl (C=O) groups is 1. The zero-order valence-electron chi connectivity index (χ0n) is 11.3. The molecule has 6 heteroatoms. The second-order valence-electron chi connectivity index (χ2n) is 4.52. The van der Waals surface area contributed by atoms with Crippen LogP contribution in [0.1, 0.15) is 13.8 Å². The molecule has 2 aromatic rings. The van der Waals surface area contributed by atoms with Gasteiger partial charge in [0.25, 0.3) is 5.56 Å². The smallest absolute Gasteiger partial charge is 0.310 e. The number of aromatic nitrogens is 2. The van der Waals surface area contributed by atoms with Gasteiger partial charge >= 0.3 is 5.97 Å². The molecule has 2 rings (SSSR count). The Kier molecular flexibility index (Phi) is 4.54. The Balaban J connectivity index is 2.34. The van der Waals surface area contributed by atoms with Crippen LogP contribution in [0.15, 0.2) is 33.8 Å². The molecule has 0 aliphatic carbocycles. The predicted molar refractivity (Wildman–Crippen MR) is 79.5 cm³/mol. The number of carbonyl (C=O) groups excluding carboxylic acids is 1. The van der Waals surface area contributed by atoms with Gasteiger partial charge < -0.3 is 4.74 Å². The van der Waals surface area contributed by atoms with E-state index in [1.54, 1.807) is 26.0 Å². The fourth-order valence-electron chi connectivity index (χ4n) is 1.92. The first-order chi connectivity index (χ1) is 9.52. The molecule has 1 atom stereocenters. The van der Waals surface area contributed by atoms with Crippen molar-refractivity contribution in [2.24, 2.45) is 5.92 Å². The van der Waals surface area contributed by atoms with E-state index in [-0.39, 0.29) is 24.0 Å². The number of fused-ring (bicyclic) bond motifs is 1. The maximum atomic E-state index is 12.3. The summed E-state index contributed by atoms with van der Waals surface area (Å²) in [4.78, 5) is 28.2. The van der Waals surface area contributed by atoms with Gasteiger partial charge in [0.1, 0.15) is 0 Å². The topological polar surface area (TPSA) is 61.2 Å². The number of nitrogens with zero attached hydrogens (tertiary/aromatic N) is 2. The molecule has 0 amide bonds. The summed E-state index contributed by atoms with van der Waals surface area (Å²) >= 11 is 3.34. The second kappa shape index (κ2) is 6.17. The molecule has 0 N–H and O–H groups in total. The standard InChI is InChI=1S/C14H15BrN2O3/c1-3-20-14(19)9(2)7-17-8-16-12-5-4-10(15)6-11(12)13(17)18/h4-6,8-9H,3,7H2,1-2H3. The molecule has 1 heterocycles. The van der Waals surface area contributed by atoms with Crippen LogP contribution in [-0.2, 0) is 16.1 Å². The van der Waals surface area contributed by atoms with Crippen LogP contribution in [0.2, 0.25) is 0 Å². The van der Waals surface area contributed by atoms with Crippen molar-refractivity contribution in [2.45, 2.75) is 20.4 Å². The molecule has 5 nitrogen and oxygen atoms in total. The van der Waals surface area contributed by atoms with Gasteiger partial charge in [-0.15, -0.1) is 0 Å². The molecule has 1 aromatic heterocycles. The lowest BCUT2D eigenvalue weighted by Crippen LogP contribution is -2.27. The van der Waals surface area contributed by atoms with E-state index in [1.807, 2.05) is 6.07 Å². The Labute approximate surface area is 124 Å². The lowest BCUT2D eigenvalue weighted by atomic mass is 10.2. The lowest BCUT2D eigenvalue weighted by molar-refractivity contribution is -0.147. The average molecular weight is 339 g/mol. The molecule has 0 spiro atoms. The fraction of sp³-hybridized carbons (Fsp3) is 0.357. The first-order valence-corrected chi connectivity index (χ1v) is 7.13. The molecular formula is C14H15BrN2O3. The number of ether oxygens (including phenoxy) is 1. The Morgan fingerprint density at radius 2 is 2.25 bits per heavy atom. The molecule has 0 saturated heterocycles. The SMILES string of the molecule is CCOC(=O)C(C)Cn1cnc2ccc(Br)cc2c1=O. The predicted octanol–water partition coefficient (Wildman–Crippen LogP) is 2.36. The van der Waals surface area contributed by atoms with Gasteiger partial charge in [-0.25, -0.2) is 4.98 Å². The minimum Gasteiger partial charge on any atom is -0.466 e. The largest absolute Gasteiger partial charge is 0.466 e. The van der Waals surface area contributed by atoms with Gasteiger partial charge in [0.15, 0.2) is 0 Å². The Morgan fingerprint density at radius 3 is 2.95 bits per heavy atom. The van der Waals surface area contributed by atoms with Crippen LogP contribution < -0.4 is 5.56 Å². The summed E-state index contributed by atoms with van der Waals surface area (Å²) in [6.07, 6.45) is 1.47. The van der Waals surface area contributed by atoms with Gasteiger partial charge in [-0.3, -0.25) is 14.2 Å². The number of rotatable bonds is 4. The van der Waals surface area contributed by atoms with Crippen LogP contribution in [0, 0.1) is 5.92 Å². The van der Waals surface area contributed by atoms with E-state index < -0.39 is 0 Å². The van der Waals surface area contributed by atoms with E-state index in [0.29, 0.717) is 17.5 Å². The molecule has 0 aliphatic rings. The quantitative estimate of drug-likeness (QED) is 0.803. The molecule has 0 bridgehead atoms. The monoisotopic (exact) mass is 338 g/mol. The molecule has 106 valence electrons. The third-order valence-electron chi connectivity index (χ3n) is 2.95. The summed E-state index contributed by atoms with van der Waals surface area (Å²) in [5.41, 5.74) is 0.477. The van der Waals surface area contributed by atoms with Crippen LogP contribution in [0.4, 0.5) is 0 Å².